The summed E-state index contributed by atoms with van der Waals surface area (Å²) in [4.78, 5) is 63.1. The maximum Gasteiger partial charge on any atom is 0.408 e. The van der Waals surface area contributed by atoms with Gasteiger partial charge in [0.05, 0.1) is 0 Å². The predicted molar refractivity (Wildman–Crippen MR) is 151 cm³/mol. The van der Waals surface area contributed by atoms with Gasteiger partial charge in [0, 0.05) is 12.8 Å². The first-order valence-electron chi connectivity index (χ1n) is 13.7. The van der Waals surface area contributed by atoms with Gasteiger partial charge < -0.3 is 29.6 Å². The Kier molecular flexibility index (Phi) is 13.3. The summed E-state index contributed by atoms with van der Waals surface area (Å²) in [6.07, 6.45) is -1.40. The molecule has 0 aliphatic rings. The van der Waals surface area contributed by atoms with Crippen LogP contribution in [0.4, 0.5) is 4.79 Å². The molecule has 11 nitrogen and oxygen atoms in total. The molecule has 41 heavy (non-hydrogen) atoms. The Hall–Kier alpha value is -3.63. The number of esters is 3. The molecule has 11 heteroatoms. The van der Waals surface area contributed by atoms with Crippen molar-refractivity contribution in [1.82, 2.24) is 10.6 Å². The van der Waals surface area contributed by atoms with Gasteiger partial charge in [-0.2, -0.15) is 0 Å². The van der Waals surface area contributed by atoms with Crippen LogP contribution < -0.4 is 10.6 Å². The lowest BCUT2D eigenvalue weighted by atomic mass is 10.1. The molecule has 0 spiro atoms. The summed E-state index contributed by atoms with van der Waals surface area (Å²) in [5.74, 6) is -2.56. The number of alkyl carbamates (subject to hydrolysis) is 1. The standard InChI is InChI=1S/C30H46N2O9/c1-28(2,3)39-24(34)18-16-21(25(35)40-29(4,5)6)31-23(33)17-15-22(26(36)41-30(7,8)9)32-27(37)38-19-20-13-11-10-12-14-20/h10-14,21-22H,15-19H2,1-9H3,(H,31,33)(H,32,37)/t21-,22+/m0/s1. The molecule has 230 valence electrons. The van der Waals surface area contributed by atoms with Crippen LogP contribution in [0.25, 0.3) is 0 Å². The summed E-state index contributed by atoms with van der Waals surface area (Å²) in [5, 5.41) is 5.05. The Bertz CT molecular complexity index is 1030. The Morgan fingerprint density at radius 1 is 0.659 bits per heavy atom. The molecule has 0 aliphatic carbocycles. The second-order valence-corrected chi connectivity index (χ2v) is 12.6. The minimum absolute atomic E-state index is 0.0105. The molecule has 1 rings (SSSR count). The normalized spacial score (nSPS) is 13.3. The average molecular weight is 579 g/mol. The Balaban J connectivity index is 2.88. The minimum Gasteiger partial charge on any atom is -0.460 e. The van der Waals surface area contributed by atoms with Crippen molar-refractivity contribution < 1.29 is 42.9 Å². The molecule has 2 amide bonds. The van der Waals surface area contributed by atoms with E-state index in [1.54, 1.807) is 86.6 Å². The van der Waals surface area contributed by atoms with Gasteiger partial charge in [-0.15, -0.1) is 0 Å². The van der Waals surface area contributed by atoms with Crippen molar-refractivity contribution in [2.75, 3.05) is 0 Å². The van der Waals surface area contributed by atoms with Crippen molar-refractivity contribution in [2.24, 2.45) is 0 Å². The molecule has 1 aromatic carbocycles. The van der Waals surface area contributed by atoms with Crippen molar-refractivity contribution in [1.29, 1.82) is 0 Å². The minimum atomic E-state index is -1.19. The number of carbonyl (C=O) groups excluding carboxylic acids is 5. The first-order chi connectivity index (χ1) is 18.7. The molecule has 0 heterocycles. The summed E-state index contributed by atoms with van der Waals surface area (Å²) in [6.45, 7) is 15.3. The van der Waals surface area contributed by atoms with Gasteiger partial charge in [-0.3, -0.25) is 9.59 Å². The third-order valence-corrected chi connectivity index (χ3v) is 4.94. The molecule has 0 bridgehead atoms. The number of carbonyl (C=O) groups is 5. The van der Waals surface area contributed by atoms with E-state index >= 15 is 0 Å². The Labute approximate surface area is 243 Å². The van der Waals surface area contributed by atoms with Crippen LogP contribution in [-0.2, 0) is 44.7 Å². The van der Waals surface area contributed by atoms with E-state index in [2.05, 4.69) is 10.6 Å². The smallest absolute Gasteiger partial charge is 0.408 e. The van der Waals surface area contributed by atoms with E-state index in [1.807, 2.05) is 6.07 Å². The van der Waals surface area contributed by atoms with Crippen LogP contribution in [0.3, 0.4) is 0 Å². The largest absolute Gasteiger partial charge is 0.460 e. The summed E-state index contributed by atoms with van der Waals surface area (Å²) in [6, 6.07) is 6.69. The van der Waals surface area contributed by atoms with Crippen molar-refractivity contribution >= 4 is 29.9 Å². The lowest BCUT2D eigenvalue weighted by molar-refractivity contribution is -0.161. The fraction of sp³-hybridized carbons (Fsp3) is 0.633. The van der Waals surface area contributed by atoms with Gasteiger partial charge in [0.1, 0.15) is 35.5 Å². The molecule has 0 saturated carbocycles. The molecule has 1 aromatic rings. The second-order valence-electron chi connectivity index (χ2n) is 12.6. The summed E-state index contributed by atoms with van der Waals surface area (Å²) in [5.41, 5.74) is -1.60. The third kappa shape index (κ3) is 16.9. The number of ether oxygens (including phenoxy) is 4. The van der Waals surface area contributed by atoms with Crippen LogP contribution >= 0.6 is 0 Å². The highest BCUT2D eigenvalue weighted by Crippen LogP contribution is 2.15. The quantitative estimate of drug-likeness (QED) is 0.273. The zero-order chi connectivity index (χ0) is 31.4. The summed E-state index contributed by atoms with van der Waals surface area (Å²) in [7, 11) is 0. The van der Waals surface area contributed by atoms with E-state index in [-0.39, 0.29) is 32.3 Å². The molecule has 0 saturated heterocycles. The maximum atomic E-state index is 12.9. The third-order valence-electron chi connectivity index (χ3n) is 4.94. The number of nitrogens with one attached hydrogen (secondary N) is 2. The molecule has 0 aromatic heterocycles. The highest BCUT2D eigenvalue weighted by molar-refractivity contribution is 5.86. The fourth-order valence-corrected chi connectivity index (χ4v) is 3.35. The SMILES string of the molecule is CC(C)(C)OC(=O)CC[C@H](NC(=O)CC[C@@H](NC(=O)OCc1ccccc1)C(=O)OC(C)(C)C)C(=O)OC(C)(C)C. The Morgan fingerprint density at radius 3 is 1.61 bits per heavy atom. The Morgan fingerprint density at radius 2 is 1.12 bits per heavy atom. The highest BCUT2D eigenvalue weighted by Gasteiger charge is 2.31. The van der Waals surface area contributed by atoms with Crippen LogP contribution in [0, 0.1) is 0 Å². The lowest BCUT2D eigenvalue weighted by Gasteiger charge is -2.26. The average Bonchev–Trinajstić information content (AvgIpc) is 2.80. The van der Waals surface area contributed by atoms with E-state index in [0.717, 1.165) is 5.56 Å². The number of rotatable bonds is 12. The molecule has 0 aliphatic heterocycles. The van der Waals surface area contributed by atoms with E-state index in [1.165, 1.54) is 0 Å². The molecule has 0 fully saturated rings. The van der Waals surface area contributed by atoms with Gasteiger partial charge in [0.15, 0.2) is 0 Å². The van der Waals surface area contributed by atoms with E-state index in [9.17, 15) is 24.0 Å². The van der Waals surface area contributed by atoms with Crippen molar-refractivity contribution in [3.05, 3.63) is 35.9 Å². The molecular formula is C30H46N2O9. The van der Waals surface area contributed by atoms with Crippen LogP contribution in [0.5, 0.6) is 0 Å². The van der Waals surface area contributed by atoms with E-state index in [4.69, 9.17) is 18.9 Å². The second kappa shape index (κ2) is 15.4. The van der Waals surface area contributed by atoms with Crippen molar-refractivity contribution in [3.63, 3.8) is 0 Å². The van der Waals surface area contributed by atoms with Crippen molar-refractivity contribution in [2.45, 2.75) is 123 Å². The zero-order valence-corrected chi connectivity index (χ0v) is 25.8. The van der Waals surface area contributed by atoms with Gasteiger partial charge >= 0.3 is 24.0 Å². The van der Waals surface area contributed by atoms with Crippen LogP contribution in [-0.4, -0.2) is 58.8 Å². The zero-order valence-electron chi connectivity index (χ0n) is 25.8. The molecule has 2 atom stereocenters. The van der Waals surface area contributed by atoms with Gasteiger partial charge in [0.2, 0.25) is 5.91 Å². The topological polar surface area (TPSA) is 146 Å². The number of hydrogen-bond donors (Lipinski definition) is 2. The van der Waals surface area contributed by atoms with Gasteiger partial charge in [-0.1, -0.05) is 30.3 Å². The summed E-state index contributed by atoms with van der Waals surface area (Å²) >= 11 is 0. The van der Waals surface area contributed by atoms with Gasteiger partial charge in [-0.25, -0.2) is 14.4 Å². The van der Waals surface area contributed by atoms with Crippen molar-refractivity contribution in [3.8, 4) is 0 Å². The first-order valence-corrected chi connectivity index (χ1v) is 13.7. The maximum absolute atomic E-state index is 12.9. The number of hydrogen-bond acceptors (Lipinski definition) is 9. The monoisotopic (exact) mass is 578 g/mol. The number of amides is 2. The molecule has 0 unspecified atom stereocenters. The van der Waals surface area contributed by atoms with Crippen LogP contribution in [0.15, 0.2) is 30.3 Å². The predicted octanol–water partition coefficient (Wildman–Crippen LogP) is 4.35. The molecule has 2 N–H and O–H groups in total. The fourth-order valence-electron chi connectivity index (χ4n) is 3.35. The first kappa shape index (κ1) is 35.4. The van der Waals surface area contributed by atoms with Gasteiger partial charge in [0.25, 0.3) is 0 Å². The highest BCUT2D eigenvalue weighted by atomic mass is 16.6. The van der Waals surface area contributed by atoms with Crippen LogP contribution in [0.1, 0.15) is 93.6 Å². The molecule has 0 radical (unpaired) electrons. The number of benzene rings is 1. The summed E-state index contributed by atoms with van der Waals surface area (Å²) < 4.78 is 21.3. The molecular weight excluding hydrogens is 532 g/mol. The van der Waals surface area contributed by atoms with Crippen LogP contribution in [0.2, 0.25) is 0 Å². The van der Waals surface area contributed by atoms with Gasteiger partial charge in [-0.05, 0) is 80.7 Å². The lowest BCUT2D eigenvalue weighted by Crippen LogP contribution is -2.47. The van der Waals surface area contributed by atoms with E-state index < -0.39 is 58.8 Å². The van der Waals surface area contributed by atoms with E-state index in [0.29, 0.717) is 0 Å².